The van der Waals surface area contributed by atoms with Gasteiger partial charge >= 0.3 is 0 Å². The van der Waals surface area contributed by atoms with Crippen molar-refractivity contribution in [3.63, 3.8) is 0 Å². The van der Waals surface area contributed by atoms with Crippen molar-refractivity contribution in [2.75, 3.05) is 5.73 Å². The molecule has 23 heavy (non-hydrogen) atoms. The lowest BCUT2D eigenvalue weighted by atomic mass is 10.1. The highest BCUT2D eigenvalue weighted by atomic mass is 35.5. The van der Waals surface area contributed by atoms with Crippen molar-refractivity contribution in [2.24, 2.45) is 0 Å². The van der Waals surface area contributed by atoms with E-state index >= 15 is 0 Å². The maximum Gasteiger partial charge on any atom is 0.270 e. The third-order valence-corrected chi connectivity index (χ3v) is 4.61. The summed E-state index contributed by atoms with van der Waals surface area (Å²) in [5.41, 5.74) is 7.85. The lowest BCUT2D eigenvalue weighted by Crippen LogP contribution is -2.24. The fourth-order valence-corrected chi connectivity index (χ4v) is 3.16. The van der Waals surface area contributed by atoms with Gasteiger partial charge in [0.25, 0.3) is 5.56 Å². The van der Waals surface area contributed by atoms with Crippen molar-refractivity contribution in [1.82, 2.24) is 9.55 Å². The molecule has 118 valence electrons. The van der Waals surface area contributed by atoms with E-state index in [0.717, 1.165) is 5.56 Å². The Morgan fingerprint density at radius 1 is 1.13 bits per heavy atom. The Bertz CT molecular complexity index is 969. The maximum absolute atomic E-state index is 12.4. The summed E-state index contributed by atoms with van der Waals surface area (Å²) in [5.74, 6) is 0. The van der Waals surface area contributed by atoms with Crippen LogP contribution in [-0.4, -0.2) is 9.55 Å². The van der Waals surface area contributed by atoms with Crippen LogP contribution in [0.25, 0.3) is 11.0 Å². The molecular formula is C16H12Cl3N3O. The van der Waals surface area contributed by atoms with Gasteiger partial charge in [0.2, 0.25) is 0 Å². The topological polar surface area (TPSA) is 60.9 Å². The van der Waals surface area contributed by atoms with E-state index in [0.29, 0.717) is 31.8 Å². The molecule has 0 saturated heterocycles. The molecule has 0 spiro atoms. The summed E-state index contributed by atoms with van der Waals surface area (Å²) in [6.45, 7) is 1.86. The highest BCUT2D eigenvalue weighted by Gasteiger charge is 2.17. The molecule has 1 heterocycles. The Kier molecular flexibility index (Phi) is 4.23. The van der Waals surface area contributed by atoms with Crippen LogP contribution in [0, 0.1) is 0 Å². The normalized spacial score (nSPS) is 12.5. The molecule has 0 aliphatic rings. The molecule has 0 amide bonds. The third-order valence-electron chi connectivity index (χ3n) is 3.70. The first-order valence-electron chi connectivity index (χ1n) is 6.79. The lowest BCUT2D eigenvalue weighted by molar-refractivity contribution is 0.636. The van der Waals surface area contributed by atoms with Crippen molar-refractivity contribution >= 4 is 51.5 Å². The molecule has 3 rings (SSSR count). The zero-order chi connectivity index (χ0) is 16.7. The van der Waals surface area contributed by atoms with E-state index in [1.54, 1.807) is 34.9 Å². The molecule has 7 heteroatoms. The van der Waals surface area contributed by atoms with Crippen LogP contribution in [0.15, 0.2) is 41.3 Å². The van der Waals surface area contributed by atoms with Gasteiger partial charge in [0.05, 0.1) is 34.0 Å². The number of anilines is 1. The van der Waals surface area contributed by atoms with Gasteiger partial charge in [0.15, 0.2) is 0 Å². The second-order valence-corrected chi connectivity index (χ2v) is 6.42. The number of aromatic nitrogens is 2. The fourth-order valence-electron chi connectivity index (χ4n) is 2.54. The summed E-state index contributed by atoms with van der Waals surface area (Å²) in [6.07, 6.45) is 1.25. The van der Waals surface area contributed by atoms with Crippen molar-refractivity contribution < 1.29 is 0 Å². The lowest BCUT2D eigenvalue weighted by Gasteiger charge is -2.19. The highest BCUT2D eigenvalue weighted by molar-refractivity contribution is 6.34. The molecule has 0 fully saturated rings. The average Bonchev–Trinajstić information content (AvgIpc) is 2.51. The predicted molar refractivity (Wildman–Crippen MR) is 95.7 cm³/mol. The standard InChI is InChI=1S/C16H12Cl3N3O/c1-8(10-4-9(17)2-3-11(10)18)22-15-5-12(19)13(20)6-14(15)21-7-16(22)23/h2-8H,20H2,1H3/t8-/m0/s1. The van der Waals surface area contributed by atoms with E-state index in [1.807, 2.05) is 6.92 Å². The molecule has 0 saturated carbocycles. The summed E-state index contributed by atoms with van der Waals surface area (Å²) in [6, 6.07) is 8.07. The van der Waals surface area contributed by atoms with Crippen LogP contribution in [0.1, 0.15) is 18.5 Å². The van der Waals surface area contributed by atoms with Gasteiger partial charge in [-0.05, 0) is 42.8 Å². The molecular weight excluding hydrogens is 357 g/mol. The number of nitrogen functional groups attached to an aromatic ring is 1. The number of rotatable bonds is 2. The number of benzene rings is 2. The Balaban J connectivity index is 2.30. The average molecular weight is 369 g/mol. The second-order valence-electron chi connectivity index (χ2n) is 5.17. The second kappa shape index (κ2) is 6.04. The SMILES string of the molecule is C[C@@H](c1cc(Cl)ccc1Cl)n1c(=O)cnc2cc(N)c(Cl)cc21. The van der Waals surface area contributed by atoms with Crippen molar-refractivity contribution in [1.29, 1.82) is 0 Å². The van der Waals surface area contributed by atoms with Crippen LogP contribution in [-0.2, 0) is 0 Å². The van der Waals surface area contributed by atoms with Gasteiger partial charge in [0, 0.05) is 10.0 Å². The molecule has 0 radical (unpaired) electrons. The van der Waals surface area contributed by atoms with Gasteiger partial charge in [0.1, 0.15) is 0 Å². The van der Waals surface area contributed by atoms with E-state index in [2.05, 4.69) is 4.98 Å². The molecule has 0 aliphatic carbocycles. The number of nitrogens with zero attached hydrogens (tertiary/aromatic N) is 2. The molecule has 2 aromatic carbocycles. The Labute approximate surface area is 147 Å². The van der Waals surface area contributed by atoms with Crippen molar-refractivity contribution in [3.05, 3.63) is 67.5 Å². The summed E-state index contributed by atoms with van der Waals surface area (Å²) >= 11 is 18.4. The largest absolute Gasteiger partial charge is 0.397 e. The van der Waals surface area contributed by atoms with Crippen LogP contribution in [0.3, 0.4) is 0 Å². The van der Waals surface area contributed by atoms with Crippen molar-refractivity contribution in [2.45, 2.75) is 13.0 Å². The van der Waals surface area contributed by atoms with E-state index in [1.165, 1.54) is 6.20 Å². The summed E-state index contributed by atoms with van der Waals surface area (Å²) < 4.78 is 1.57. The van der Waals surface area contributed by atoms with Gasteiger partial charge in [-0.2, -0.15) is 0 Å². The molecule has 2 N–H and O–H groups in total. The molecule has 0 bridgehead atoms. The maximum atomic E-state index is 12.4. The smallest absolute Gasteiger partial charge is 0.270 e. The van der Waals surface area contributed by atoms with Gasteiger partial charge in [-0.15, -0.1) is 0 Å². The number of hydrogen-bond donors (Lipinski definition) is 1. The van der Waals surface area contributed by atoms with Crippen LogP contribution in [0.4, 0.5) is 5.69 Å². The Morgan fingerprint density at radius 3 is 2.61 bits per heavy atom. The quantitative estimate of drug-likeness (QED) is 0.675. The van der Waals surface area contributed by atoms with Gasteiger partial charge < -0.3 is 5.73 Å². The van der Waals surface area contributed by atoms with Crippen LogP contribution < -0.4 is 11.3 Å². The number of fused-ring (bicyclic) bond motifs is 1. The van der Waals surface area contributed by atoms with Crippen LogP contribution >= 0.6 is 34.8 Å². The van der Waals surface area contributed by atoms with Gasteiger partial charge in [-0.25, -0.2) is 4.98 Å². The first-order valence-corrected chi connectivity index (χ1v) is 7.93. The van der Waals surface area contributed by atoms with Crippen molar-refractivity contribution in [3.8, 4) is 0 Å². The van der Waals surface area contributed by atoms with Gasteiger partial charge in [-0.1, -0.05) is 34.8 Å². The molecule has 0 unspecified atom stereocenters. The summed E-state index contributed by atoms with van der Waals surface area (Å²) in [5, 5.41) is 1.44. The summed E-state index contributed by atoms with van der Waals surface area (Å²) in [4.78, 5) is 16.5. The number of halogens is 3. The van der Waals surface area contributed by atoms with E-state index in [-0.39, 0.29) is 11.6 Å². The third kappa shape index (κ3) is 2.90. The first kappa shape index (κ1) is 16.1. The molecule has 0 aliphatic heterocycles. The minimum atomic E-state index is -0.348. The van der Waals surface area contributed by atoms with Crippen LogP contribution in [0.5, 0.6) is 0 Å². The number of hydrogen-bond acceptors (Lipinski definition) is 3. The zero-order valence-corrected chi connectivity index (χ0v) is 14.3. The molecule has 3 aromatic rings. The molecule has 1 atom stereocenters. The van der Waals surface area contributed by atoms with Crippen LogP contribution in [0.2, 0.25) is 15.1 Å². The molecule has 1 aromatic heterocycles. The predicted octanol–water partition coefficient (Wildman–Crippen LogP) is 4.55. The minimum absolute atomic E-state index is 0.262. The van der Waals surface area contributed by atoms with Gasteiger partial charge in [-0.3, -0.25) is 9.36 Å². The minimum Gasteiger partial charge on any atom is -0.397 e. The number of nitrogens with two attached hydrogens (primary N) is 1. The van der Waals surface area contributed by atoms with E-state index in [4.69, 9.17) is 40.5 Å². The zero-order valence-electron chi connectivity index (χ0n) is 12.1. The van der Waals surface area contributed by atoms with E-state index < -0.39 is 0 Å². The Morgan fingerprint density at radius 2 is 1.87 bits per heavy atom. The first-order chi connectivity index (χ1) is 10.9. The fraction of sp³-hybridized carbons (Fsp3) is 0.125. The Hall–Kier alpha value is -1.75. The monoisotopic (exact) mass is 367 g/mol. The highest BCUT2D eigenvalue weighted by Crippen LogP contribution is 2.31. The summed E-state index contributed by atoms with van der Waals surface area (Å²) in [7, 11) is 0. The molecule has 4 nitrogen and oxygen atoms in total. The van der Waals surface area contributed by atoms with E-state index in [9.17, 15) is 4.79 Å².